The molecule has 1 aromatic carbocycles. The van der Waals surface area contributed by atoms with Crippen LogP contribution in [0, 0.1) is 0 Å². The lowest BCUT2D eigenvalue weighted by atomic mass is 9.99. The molecule has 3 aromatic rings. The minimum Gasteiger partial charge on any atom is -0.464 e. The second kappa shape index (κ2) is 10.2. The molecule has 1 aliphatic carbocycles. The first kappa shape index (κ1) is 25.7. The Labute approximate surface area is 223 Å². The van der Waals surface area contributed by atoms with Gasteiger partial charge in [-0.2, -0.15) is 0 Å². The number of nitrogens with zero attached hydrogens (tertiary/aromatic N) is 3. The Kier molecular flexibility index (Phi) is 6.70. The van der Waals surface area contributed by atoms with Gasteiger partial charge < -0.3 is 23.6 Å². The molecule has 1 saturated carbocycles. The topological polar surface area (TPSA) is 86.9 Å². The highest BCUT2D eigenvalue weighted by molar-refractivity contribution is 5.87. The maximum Gasteiger partial charge on any atom is 0.573 e. The Morgan fingerprint density at radius 2 is 1.79 bits per heavy atom. The van der Waals surface area contributed by atoms with Crippen molar-refractivity contribution in [2.24, 2.45) is 0 Å². The lowest BCUT2D eigenvalue weighted by Gasteiger charge is -2.39. The van der Waals surface area contributed by atoms with Gasteiger partial charge in [-0.05, 0) is 62.8 Å². The lowest BCUT2D eigenvalue weighted by molar-refractivity contribution is -0.274. The van der Waals surface area contributed by atoms with Gasteiger partial charge in [0.25, 0.3) is 0 Å². The van der Waals surface area contributed by atoms with E-state index in [1.54, 1.807) is 18.2 Å². The summed E-state index contributed by atoms with van der Waals surface area (Å²) in [5, 5.41) is 4.17. The van der Waals surface area contributed by atoms with Crippen LogP contribution in [0.15, 0.2) is 47.0 Å². The Balaban J connectivity index is 1.20. The summed E-state index contributed by atoms with van der Waals surface area (Å²) in [6, 6.07) is 11.7. The number of ether oxygens (including phenoxy) is 3. The van der Waals surface area contributed by atoms with Crippen molar-refractivity contribution in [1.82, 2.24) is 10.1 Å². The van der Waals surface area contributed by atoms with Crippen LogP contribution in [0.3, 0.4) is 0 Å². The molecule has 0 spiro atoms. The third-order valence-corrected chi connectivity index (χ3v) is 7.68. The van der Waals surface area contributed by atoms with Crippen LogP contribution in [0.2, 0.25) is 0 Å². The molecule has 2 bridgehead atoms. The maximum atomic E-state index is 13.1. The van der Waals surface area contributed by atoms with Crippen molar-refractivity contribution < 1.29 is 36.7 Å². The number of alkyl halides is 3. The molecule has 6 rings (SSSR count). The fourth-order valence-electron chi connectivity index (χ4n) is 5.84. The summed E-state index contributed by atoms with van der Waals surface area (Å²) in [4.78, 5) is 18.8. The summed E-state index contributed by atoms with van der Waals surface area (Å²) in [5.41, 5.74) is 1.49. The van der Waals surface area contributed by atoms with Gasteiger partial charge in [0.1, 0.15) is 23.0 Å². The van der Waals surface area contributed by atoms with E-state index in [1.165, 1.54) is 19.2 Å². The predicted octanol–water partition coefficient (Wildman–Crippen LogP) is 6.02. The number of methoxy groups -OCH3 is 1. The number of piperidine rings is 1. The Bertz CT molecular complexity index is 1340. The van der Waals surface area contributed by atoms with Crippen LogP contribution in [0.4, 0.5) is 19.0 Å². The first-order chi connectivity index (χ1) is 18.8. The van der Waals surface area contributed by atoms with Gasteiger partial charge in [-0.1, -0.05) is 23.4 Å². The van der Waals surface area contributed by atoms with Crippen LogP contribution in [-0.4, -0.2) is 47.8 Å². The molecule has 2 aromatic heterocycles. The van der Waals surface area contributed by atoms with Crippen molar-refractivity contribution in [2.75, 3.05) is 12.0 Å². The van der Waals surface area contributed by atoms with Crippen LogP contribution >= 0.6 is 0 Å². The molecule has 3 atom stereocenters. The third kappa shape index (κ3) is 5.32. The Morgan fingerprint density at radius 3 is 2.49 bits per heavy atom. The van der Waals surface area contributed by atoms with Crippen molar-refractivity contribution in [3.63, 3.8) is 0 Å². The molecule has 3 fully saturated rings. The highest BCUT2D eigenvalue weighted by Crippen LogP contribution is 2.46. The van der Waals surface area contributed by atoms with E-state index in [-0.39, 0.29) is 47.7 Å². The van der Waals surface area contributed by atoms with Gasteiger partial charge in [0.15, 0.2) is 5.69 Å². The van der Waals surface area contributed by atoms with E-state index in [9.17, 15) is 18.0 Å². The molecule has 3 aliphatic rings. The van der Waals surface area contributed by atoms with E-state index in [4.69, 9.17) is 14.0 Å². The fraction of sp³-hybridized carbons (Fsp3) is 0.464. The molecule has 11 heteroatoms. The molecule has 4 heterocycles. The van der Waals surface area contributed by atoms with E-state index in [1.807, 2.05) is 12.1 Å². The van der Waals surface area contributed by atoms with E-state index in [2.05, 4.69) is 19.8 Å². The van der Waals surface area contributed by atoms with E-state index in [0.29, 0.717) is 17.0 Å². The summed E-state index contributed by atoms with van der Waals surface area (Å²) in [7, 11) is 1.33. The van der Waals surface area contributed by atoms with Crippen molar-refractivity contribution >= 4 is 11.8 Å². The van der Waals surface area contributed by atoms with Gasteiger partial charge in [0, 0.05) is 29.1 Å². The number of benzene rings is 1. The first-order valence-corrected chi connectivity index (χ1v) is 13.1. The molecular weight excluding hydrogens is 515 g/mol. The van der Waals surface area contributed by atoms with Crippen molar-refractivity contribution in [2.45, 2.75) is 75.6 Å². The number of pyridine rings is 1. The van der Waals surface area contributed by atoms with E-state index >= 15 is 0 Å². The summed E-state index contributed by atoms with van der Waals surface area (Å²) < 4.78 is 60.3. The number of halogens is 3. The summed E-state index contributed by atoms with van der Waals surface area (Å²) in [6.45, 7) is 0.186. The van der Waals surface area contributed by atoms with Gasteiger partial charge in [0.05, 0.1) is 19.8 Å². The standard InChI is InChI=1S/C28H28F3N3O5/c1-36-27(35)22-6-4-8-24(32-22)34-17-11-12-18(34)14-19(13-17)37-15-21-25(33-39-26(21)16-9-10-16)20-5-2-3-7-23(20)38-28(29,30)31/h2-8,16-19H,9-15H2,1H3/t17-,18+,19-. The van der Waals surface area contributed by atoms with Crippen LogP contribution < -0.4 is 9.64 Å². The first-order valence-electron chi connectivity index (χ1n) is 13.1. The van der Waals surface area contributed by atoms with Crippen LogP contribution in [0.5, 0.6) is 5.75 Å². The second-order valence-electron chi connectivity index (χ2n) is 10.3. The number of fused-ring (bicyclic) bond motifs is 2. The van der Waals surface area contributed by atoms with Crippen molar-refractivity contribution in [3.05, 3.63) is 59.5 Å². The summed E-state index contributed by atoms with van der Waals surface area (Å²) >= 11 is 0. The van der Waals surface area contributed by atoms with Crippen molar-refractivity contribution in [1.29, 1.82) is 0 Å². The lowest BCUT2D eigenvalue weighted by Crippen LogP contribution is -2.46. The number of carbonyl (C=O) groups is 1. The highest BCUT2D eigenvalue weighted by atomic mass is 19.4. The molecule has 0 unspecified atom stereocenters. The van der Waals surface area contributed by atoms with Gasteiger partial charge in [-0.15, -0.1) is 13.2 Å². The van der Waals surface area contributed by atoms with E-state index in [0.717, 1.165) is 44.3 Å². The van der Waals surface area contributed by atoms with Crippen molar-refractivity contribution in [3.8, 4) is 17.0 Å². The predicted molar refractivity (Wildman–Crippen MR) is 133 cm³/mol. The Hall–Kier alpha value is -3.60. The van der Waals surface area contributed by atoms with Gasteiger partial charge in [0.2, 0.25) is 0 Å². The molecule has 206 valence electrons. The molecule has 0 N–H and O–H groups in total. The monoisotopic (exact) mass is 543 g/mol. The third-order valence-electron chi connectivity index (χ3n) is 7.68. The SMILES string of the molecule is COC(=O)c1cccc(N2[C@@H]3CC[C@H]2C[C@H](OCc2c(-c4ccccc4OC(F)(F)F)noc2C2CC2)C3)n1. The Morgan fingerprint density at radius 1 is 1.05 bits per heavy atom. The zero-order chi connectivity index (χ0) is 27.1. The number of hydrogen-bond acceptors (Lipinski definition) is 8. The molecule has 0 amide bonds. The smallest absolute Gasteiger partial charge is 0.464 e. The fourth-order valence-corrected chi connectivity index (χ4v) is 5.84. The van der Waals surface area contributed by atoms with E-state index < -0.39 is 12.3 Å². The molecule has 8 nitrogen and oxygen atoms in total. The van der Waals surface area contributed by atoms with Crippen LogP contribution in [-0.2, 0) is 16.1 Å². The number of aromatic nitrogens is 2. The molecule has 2 saturated heterocycles. The number of hydrogen-bond donors (Lipinski definition) is 0. The molecule has 39 heavy (non-hydrogen) atoms. The minimum absolute atomic E-state index is 0.0426. The number of rotatable bonds is 8. The largest absolute Gasteiger partial charge is 0.573 e. The number of esters is 1. The molecule has 0 radical (unpaired) electrons. The number of carbonyl (C=O) groups excluding carboxylic acids is 1. The van der Waals surface area contributed by atoms with Crippen LogP contribution in [0.25, 0.3) is 11.3 Å². The molecule has 2 aliphatic heterocycles. The van der Waals surface area contributed by atoms with Crippen LogP contribution in [0.1, 0.15) is 66.3 Å². The zero-order valence-electron chi connectivity index (χ0n) is 21.3. The maximum absolute atomic E-state index is 13.1. The normalized spacial score (nSPS) is 22.7. The van der Waals surface area contributed by atoms with Gasteiger partial charge in [-0.3, -0.25) is 0 Å². The zero-order valence-corrected chi connectivity index (χ0v) is 21.3. The minimum atomic E-state index is -4.83. The highest BCUT2D eigenvalue weighted by Gasteiger charge is 2.42. The van der Waals surface area contributed by atoms with Gasteiger partial charge >= 0.3 is 12.3 Å². The quantitative estimate of drug-likeness (QED) is 0.319. The number of anilines is 1. The second-order valence-corrected chi connectivity index (χ2v) is 10.3. The number of para-hydroxylation sites is 1. The summed E-state index contributed by atoms with van der Waals surface area (Å²) in [5.74, 6) is 0.834. The van der Waals surface area contributed by atoms with Gasteiger partial charge in [-0.25, -0.2) is 9.78 Å². The molecular formula is C28H28F3N3O5. The summed E-state index contributed by atoms with van der Waals surface area (Å²) in [6.07, 6.45) is 0.547. The average Bonchev–Trinajstić information content (AvgIpc) is 3.62. The average molecular weight is 544 g/mol.